The van der Waals surface area contributed by atoms with Gasteiger partial charge in [0.2, 0.25) is 0 Å². The van der Waals surface area contributed by atoms with Crippen molar-refractivity contribution < 1.29 is 9.84 Å². The molecule has 1 atom stereocenters. The molecule has 4 heteroatoms. The van der Waals surface area contributed by atoms with Gasteiger partial charge in [0.15, 0.2) is 0 Å². The molecule has 1 aliphatic heterocycles. The molecular formula is C14H22N2O2. The second-order valence-corrected chi connectivity index (χ2v) is 4.94. The third-order valence-electron chi connectivity index (χ3n) is 3.49. The van der Waals surface area contributed by atoms with Crippen LogP contribution in [-0.4, -0.2) is 36.4 Å². The number of ether oxygens (including phenoxy) is 1. The van der Waals surface area contributed by atoms with Crippen molar-refractivity contribution in [2.45, 2.75) is 38.9 Å². The molecule has 0 aliphatic carbocycles. The first kappa shape index (κ1) is 13.3. The Labute approximate surface area is 109 Å². The number of nitrogens with zero attached hydrogens (tertiary/aromatic N) is 2. The molecule has 0 bridgehead atoms. The molecular weight excluding hydrogens is 228 g/mol. The highest BCUT2D eigenvalue weighted by atomic mass is 16.5. The monoisotopic (exact) mass is 250 g/mol. The summed E-state index contributed by atoms with van der Waals surface area (Å²) in [5, 5.41) is 9.14. The Kier molecular flexibility index (Phi) is 4.55. The summed E-state index contributed by atoms with van der Waals surface area (Å²) in [5.41, 5.74) is 1.78. The van der Waals surface area contributed by atoms with Gasteiger partial charge in [0.05, 0.1) is 12.7 Å². The van der Waals surface area contributed by atoms with Gasteiger partial charge in [0.25, 0.3) is 0 Å². The average Bonchev–Trinajstić information content (AvgIpc) is 2.39. The summed E-state index contributed by atoms with van der Waals surface area (Å²) in [6.45, 7) is 3.74. The van der Waals surface area contributed by atoms with Crippen LogP contribution in [0.4, 0.5) is 5.82 Å². The van der Waals surface area contributed by atoms with E-state index in [1.54, 1.807) is 0 Å². The summed E-state index contributed by atoms with van der Waals surface area (Å²) in [7, 11) is 2.04. The Morgan fingerprint density at radius 3 is 2.89 bits per heavy atom. The first-order valence-corrected chi connectivity index (χ1v) is 6.61. The van der Waals surface area contributed by atoms with Crippen LogP contribution in [0.2, 0.25) is 0 Å². The quantitative estimate of drug-likeness (QED) is 0.886. The van der Waals surface area contributed by atoms with E-state index in [9.17, 15) is 0 Å². The van der Waals surface area contributed by atoms with Gasteiger partial charge in [-0.2, -0.15) is 0 Å². The van der Waals surface area contributed by atoms with Crippen LogP contribution < -0.4 is 4.90 Å². The van der Waals surface area contributed by atoms with Crippen LogP contribution in [0.1, 0.15) is 30.5 Å². The van der Waals surface area contributed by atoms with Crippen LogP contribution in [-0.2, 0) is 11.3 Å². The average molecular weight is 250 g/mol. The fraction of sp³-hybridized carbons (Fsp3) is 0.643. The molecule has 0 aromatic carbocycles. The van der Waals surface area contributed by atoms with Gasteiger partial charge in [-0.1, -0.05) is 6.07 Å². The van der Waals surface area contributed by atoms with Crippen molar-refractivity contribution in [2.24, 2.45) is 0 Å². The number of likely N-dealkylation sites (N-methyl/N-ethyl adjacent to an activating group) is 1. The van der Waals surface area contributed by atoms with E-state index >= 15 is 0 Å². The molecule has 0 radical (unpaired) electrons. The first-order chi connectivity index (χ1) is 8.70. The molecule has 1 aromatic rings. The number of hydrogen-bond donors (Lipinski definition) is 1. The first-order valence-electron chi connectivity index (χ1n) is 6.61. The summed E-state index contributed by atoms with van der Waals surface area (Å²) >= 11 is 0. The molecule has 1 unspecified atom stereocenters. The third-order valence-corrected chi connectivity index (χ3v) is 3.49. The van der Waals surface area contributed by atoms with Crippen LogP contribution in [0.5, 0.6) is 0 Å². The number of aliphatic hydroxyl groups excluding tert-OH is 1. The topological polar surface area (TPSA) is 45.6 Å². The molecule has 0 amide bonds. The Bertz CT molecular complexity index is 389. The largest absolute Gasteiger partial charge is 0.392 e. The molecule has 0 saturated carbocycles. The minimum absolute atomic E-state index is 0.0502. The van der Waals surface area contributed by atoms with Crippen molar-refractivity contribution in [3.05, 3.63) is 23.4 Å². The second kappa shape index (κ2) is 6.16. The number of rotatable bonds is 4. The summed E-state index contributed by atoms with van der Waals surface area (Å²) < 4.78 is 5.74. The van der Waals surface area contributed by atoms with E-state index in [-0.39, 0.29) is 6.61 Å². The highest BCUT2D eigenvalue weighted by molar-refractivity contribution is 5.40. The number of aliphatic hydroxyl groups is 1. The maximum Gasteiger partial charge on any atom is 0.128 e. The molecule has 1 aliphatic rings. The normalized spacial score (nSPS) is 19.8. The van der Waals surface area contributed by atoms with Gasteiger partial charge in [-0.15, -0.1) is 0 Å². The van der Waals surface area contributed by atoms with Crippen LogP contribution in [0.15, 0.2) is 12.1 Å². The standard InChI is InChI=1S/C14H22N2O2/c1-11-12(10-17)6-7-14(15-11)16(2)9-13-5-3-4-8-18-13/h6-7,13,17H,3-5,8-10H2,1-2H3. The van der Waals surface area contributed by atoms with E-state index in [0.717, 1.165) is 36.6 Å². The van der Waals surface area contributed by atoms with Crippen molar-refractivity contribution in [1.82, 2.24) is 4.98 Å². The zero-order chi connectivity index (χ0) is 13.0. The van der Waals surface area contributed by atoms with E-state index < -0.39 is 0 Å². The number of hydrogen-bond acceptors (Lipinski definition) is 4. The molecule has 1 N–H and O–H groups in total. The van der Waals surface area contributed by atoms with Crippen LogP contribution >= 0.6 is 0 Å². The summed E-state index contributed by atoms with van der Waals surface area (Å²) in [6.07, 6.45) is 3.90. The lowest BCUT2D eigenvalue weighted by Crippen LogP contribution is -2.33. The van der Waals surface area contributed by atoms with Gasteiger partial charge < -0.3 is 14.7 Å². The minimum atomic E-state index is 0.0502. The molecule has 1 aromatic heterocycles. The van der Waals surface area contributed by atoms with E-state index in [4.69, 9.17) is 9.84 Å². The zero-order valence-electron chi connectivity index (χ0n) is 11.2. The highest BCUT2D eigenvalue weighted by Crippen LogP contribution is 2.18. The van der Waals surface area contributed by atoms with Gasteiger partial charge >= 0.3 is 0 Å². The van der Waals surface area contributed by atoms with Crippen molar-refractivity contribution >= 4 is 5.82 Å². The predicted molar refractivity (Wildman–Crippen MR) is 71.8 cm³/mol. The summed E-state index contributed by atoms with van der Waals surface area (Å²) in [6, 6.07) is 3.90. The van der Waals surface area contributed by atoms with Crippen molar-refractivity contribution in [3.8, 4) is 0 Å². The minimum Gasteiger partial charge on any atom is -0.392 e. The van der Waals surface area contributed by atoms with Crippen LogP contribution in [0.3, 0.4) is 0 Å². The molecule has 18 heavy (non-hydrogen) atoms. The number of aryl methyl sites for hydroxylation is 1. The molecule has 1 fully saturated rings. The van der Waals surface area contributed by atoms with Gasteiger partial charge in [-0.25, -0.2) is 4.98 Å². The lowest BCUT2D eigenvalue weighted by atomic mass is 10.1. The van der Waals surface area contributed by atoms with Crippen molar-refractivity contribution in [1.29, 1.82) is 0 Å². The Balaban J connectivity index is 1.99. The summed E-state index contributed by atoms with van der Waals surface area (Å²) in [4.78, 5) is 6.65. The molecule has 1 saturated heterocycles. The van der Waals surface area contributed by atoms with E-state index in [0.29, 0.717) is 6.10 Å². The maximum atomic E-state index is 9.14. The Morgan fingerprint density at radius 2 is 2.28 bits per heavy atom. The van der Waals surface area contributed by atoms with Crippen LogP contribution in [0, 0.1) is 6.92 Å². The highest BCUT2D eigenvalue weighted by Gasteiger charge is 2.16. The van der Waals surface area contributed by atoms with Gasteiger partial charge in [-0.3, -0.25) is 0 Å². The van der Waals surface area contributed by atoms with E-state index in [1.807, 2.05) is 26.1 Å². The summed E-state index contributed by atoms with van der Waals surface area (Å²) in [5.74, 6) is 0.943. The zero-order valence-corrected chi connectivity index (χ0v) is 11.2. The fourth-order valence-corrected chi connectivity index (χ4v) is 2.31. The van der Waals surface area contributed by atoms with Crippen LogP contribution in [0.25, 0.3) is 0 Å². The van der Waals surface area contributed by atoms with Gasteiger partial charge in [0.1, 0.15) is 5.82 Å². The Morgan fingerprint density at radius 1 is 1.44 bits per heavy atom. The number of pyridine rings is 1. The predicted octanol–water partition coefficient (Wildman–Crippen LogP) is 1.89. The third kappa shape index (κ3) is 3.21. The number of anilines is 1. The molecule has 2 heterocycles. The van der Waals surface area contributed by atoms with Gasteiger partial charge in [-0.05, 0) is 37.8 Å². The molecule has 4 nitrogen and oxygen atoms in total. The van der Waals surface area contributed by atoms with E-state index in [2.05, 4.69) is 9.88 Å². The smallest absolute Gasteiger partial charge is 0.128 e. The van der Waals surface area contributed by atoms with Gasteiger partial charge in [0, 0.05) is 25.9 Å². The van der Waals surface area contributed by atoms with E-state index in [1.165, 1.54) is 12.8 Å². The second-order valence-electron chi connectivity index (χ2n) is 4.94. The van der Waals surface area contributed by atoms with Crippen molar-refractivity contribution in [2.75, 3.05) is 25.1 Å². The SMILES string of the molecule is Cc1nc(N(C)CC2CCCCO2)ccc1CO. The number of aromatic nitrogens is 1. The maximum absolute atomic E-state index is 9.14. The van der Waals surface area contributed by atoms with Crippen molar-refractivity contribution in [3.63, 3.8) is 0 Å². The molecule has 100 valence electrons. The Hall–Kier alpha value is -1.13. The molecule has 2 rings (SSSR count). The molecule has 0 spiro atoms. The lowest BCUT2D eigenvalue weighted by Gasteiger charge is -2.28. The lowest BCUT2D eigenvalue weighted by molar-refractivity contribution is 0.0215. The fourth-order valence-electron chi connectivity index (χ4n) is 2.31.